The summed E-state index contributed by atoms with van der Waals surface area (Å²) >= 11 is 0. The fourth-order valence-electron chi connectivity index (χ4n) is 2.50. The number of aliphatic hydroxyl groups excluding tert-OH is 2. The minimum Gasteiger partial charge on any atom is -0.395 e. The van der Waals surface area contributed by atoms with Crippen molar-refractivity contribution in [3.05, 3.63) is 43.0 Å². The molecule has 2 rings (SSSR count). The molecule has 1 aromatic rings. The molecule has 0 radical (unpaired) electrons. The highest BCUT2D eigenvalue weighted by atomic mass is 16.5. The Bertz CT molecular complexity index is 705. The summed E-state index contributed by atoms with van der Waals surface area (Å²) in [5.41, 5.74) is 7.76. The lowest BCUT2D eigenvalue weighted by molar-refractivity contribution is -0.0278. The molecule has 10 nitrogen and oxygen atoms in total. The molecule has 0 aliphatic carbocycles. The second kappa shape index (κ2) is 6.75. The Morgan fingerprint density at radius 1 is 1.50 bits per heavy atom. The zero-order chi connectivity index (χ0) is 16.3. The number of azide groups is 1. The van der Waals surface area contributed by atoms with E-state index in [1.54, 1.807) is 6.92 Å². The largest absolute Gasteiger partial charge is 0.395 e. The molecule has 22 heavy (non-hydrogen) atoms. The second-order valence-electron chi connectivity index (χ2n) is 5.00. The van der Waals surface area contributed by atoms with Crippen molar-refractivity contribution >= 4 is 0 Å². The van der Waals surface area contributed by atoms with Gasteiger partial charge in [-0.15, -0.1) is 0 Å². The molecule has 10 heteroatoms. The number of aliphatic hydroxyl groups is 2. The van der Waals surface area contributed by atoms with E-state index in [4.69, 9.17) is 15.4 Å². The first-order valence-corrected chi connectivity index (χ1v) is 6.77. The third-order valence-corrected chi connectivity index (χ3v) is 3.58. The first-order valence-electron chi connectivity index (χ1n) is 6.77. The highest BCUT2D eigenvalue weighted by molar-refractivity contribution is 5.04. The van der Waals surface area contributed by atoms with Crippen molar-refractivity contribution in [2.75, 3.05) is 13.2 Å². The van der Waals surface area contributed by atoms with Gasteiger partial charge in [0.15, 0.2) is 0 Å². The van der Waals surface area contributed by atoms with Crippen molar-refractivity contribution in [3.8, 4) is 0 Å². The third-order valence-electron chi connectivity index (χ3n) is 3.58. The fraction of sp³-hybridized carbons (Fsp3) is 0.667. The van der Waals surface area contributed by atoms with Gasteiger partial charge < -0.3 is 14.9 Å². The van der Waals surface area contributed by atoms with Crippen molar-refractivity contribution in [1.29, 1.82) is 0 Å². The van der Waals surface area contributed by atoms with E-state index in [1.165, 1.54) is 10.8 Å². The van der Waals surface area contributed by atoms with Gasteiger partial charge in [0.1, 0.15) is 6.23 Å². The number of rotatable bonds is 5. The quantitative estimate of drug-likeness (QED) is 0.418. The van der Waals surface area contributed by atoms with Crippen LogP contribution in [0, 0.1) is 6.92 Å². The normalized spacial score (nSPS) is 24.2. The molecule has 3 atom stereocenters. The molecule has 0 bridgehead atoms. The number of nitrogens with zero attached hydrogens (tertiary/aromatic N) is 5. The van der Waals surface area contributed by atoms with E-state index in [1.807, 2.05) is 0 Å². The molecule has 1 saturated heterocycles. The van der Waals surface area contributed by atoms with Crippen molar-refractivity contribution in [2.24, 2.45) is 5.11 Å². The number of hydrogen-bond donors (Lipinski definition) is 2. The Morgan fingerprint density at radius 2 is 2.23 bits per heavy atom. The SMILES string of the molecule is Cc1cn([C@H]2C[C@H](N=[N+]=[N-])[C@@H](CO)O2)c(=O)n(CCO)c1=O. The lowest BCUT2D eigenvalue weighted by atomic mass is 10.1. The minimum atomic E-state index is -0.746. The number of aryl methyl sites for hydroxylation is 1. The fourth-order valence-corrected chi connectivity index (χ4v) is 2.50. The van der Waals surface area contributed by atoms with Crippen LogP contribution in [0.5, 0.6) is 0 Å². The van der Waals surface area contributed by atoms with Gasteiger partial charge >= 0.3 is 5.69 Å². The van der Waals surface area contributed by atoms with Crippen LogP contribution in [-0.4, -0.2) is 44.7 Å². The van der Waals surface area contributed by atoms with E-state index in [0.717, 1.165) is 4.57 Å². The average molecular weight is 311 g/mol. The lowest BCUT2D eigenvalue weighted by Crippen LogP contribution is -2.42. The average Bonchev–Trinajstić information content (AvgIpc) is 2.90. The van der Waals surface area contributed by atoms with Crippen LogP contribution < -0.4 is 11.2 Å². The van der Waals surface area contributed by atoms with Gasteiger partial charge in [0, 0.05) is 23.1 Å². The molecular formula is C12H17N5O5. The summed E-state index contributed by atoms with van der Waals surface area (Å²) in [4.78, 5) is 27.0. The van der Waals surface area contributed by atoms with Crippen molar-refractivity contribution in [1.82, 2.24) is 9.13 Å². The predicted molar refractivity (Wildman–Crippen MR) is 75.3 cm³/mol. The Morgan fingerprint density at radius 3 is 2.82 bits per heavy atom. The third kappa shape index (κ3) is 2.90. The van der Waals surface area contributed by atoms with Gasteiger partial charge in [0.2, 0.25) is 0 Å². The van der Waals surface area contributed by atoms with Gasteiger partial charge in [0.05, 0.1) is 31.9 Å². The number of aromatic nitrogens is 2. The molecule has 0 amide bonds. The topological polar surface area (TPSA) is 142 Å². The summed E-state index contributed by atoms with van der Waals surface area (Å²) in [6, 6.07) is -0.592. The summed E-state index contributed by atoms with van der Waals surface area (Å²) in [5, 5.41) is 21.8. The van der Waals surface area contributed by atoms with Crippen LogP contribution in [0.3, 0.4) is 0 Å². The highest BCUT2D eigenvalue weighted by Gasteiger charge is 2.36. The van der Waals surface area contributed by atoms with Gasteiger partial charge in [-0.2, -0.15) is 0 Å². The van der Waals surface area contributed by atoms with Gasteiger partial charge in [-0.25, -0.2) is 4.79 Å². The molecule has 2 N–H and O–H groups in total. The van der Waals surface area contributed by atoms with Crippen LogP contribution in [0.25, 0.3) is 10.4 Å². The zero-order valence-electron chi connectivity index (χ0n) is 12.0. The summed E-state index contributed by atoms with van der Waals surface area (Å²) < 4.78 is 7.69. The maximum absolute atomic E-state index is 12.3. The Balaban J connectivity index is 2.44. The van der Waals surface area contributed by atoms with E-state index < -0.39 is 29.6 Å². The van der Waals surface area contributed by atoms with E-state index in [-0.39, 0.29) is 26.2 Å². The lowest BCUT2D eigenvalue weighted by Gasteiger charge is -2.17. The standard InChI is InChI=1S/C12H17N5O5/c1-7-5-17(12(21)16(2-3-18)11(7)20)10-4-8(14-15-13)9(6-19)22-10/h5,8-10,18-19H,2-4,6H2,1H3/t8-,9+,10+/m0/s1. The first-order chi connectivity index (χ1) is 10.5. The van der Waals surface area contributed by atoms with Crippen LogP contribution in [0.15, 0.2) is 20.9 Å². The molecule has 2 heterocycles. The maximum Gasteiger partial charge on any atom is 0.333 e. The van der Waals surface area contributed by atoms with Crippen molar-refractivity contribution in [3.63, 3.8) is 0 Å². The number of hydrogen-bond acceptors (Lipinski definition) is 6. The van der Waals surface area contributed by atoms with Gasteiger partial charge in [0.25, 0.3) is 5.56 Å². The van der Waals surface area contributed by atoms with Crippen molar-refractivity contribution in [2.45, 2.75) is 38.3 Å². The van der Waals surface area contributed by atoms with Gasteiger partial charge in [-0.1, -0.05) is 5.11 Å². The molecule has 1 aliphatic heterocycles. The zero-order valence-corrected chi connectivity index (χ0v) is 12.0. The van der Waals surface area contributed by atoms with E-state index in [0.29, 0.717) is 5.56 Å². The van der Waals surface area contributed by atoms with E-state index >= 15 is 0 Å². The molecule has 0 spiro atoms. The molecule has 0 aromatic carbocycles. The monoisotopic (exact) mass is 311 g/mol. The molecule has 1 fully saturated rings. The van der Waals surface area contributed by atoms with E-state index in [9.17, 15) is 14.7 Å². The molecule has 1 aliphatic rings. The van der Waals surface area contributed by atoms with Crippen LogP contribution in [0.1, 0.15) is 18.2 Å². The first kappa shape index (κ1) is 16.2. The van der Waals surface area contributed by atoms with Crippen LogP contribution in [-0.2, 0) is 11.3 Å². The van der Waals surface area contributed by atoms with Crippen LogP contribution in [0.4, 0.5) is 0 Å². The maximum atomic E-state index is 12.3. The predicted octanol–water partition coefficient (Wildman–Crippen LogP) is -0.731. The molecule has 120 valence electrons. The summed E-state index contributed by atoms with van der Waals surface area (Å²) in [7, 11) is 0. The molecule has 0 unspecified atom stereocenters. The summed E-state index contributed by atoms with van der Waals surface area (Å²) in [6.07, 6.45) is 0.137. The van der Waals surface area contributed by atoms with Crippen LogP contribution >= 0.6 is 0 Å². The van der Waals surface area contributed by atoms with Gasteiger partial charge in [-0.3, -0.25) is 13.9 Å². The second-order valence-corrected chi connectivity index (χ2v) is 5.00. The van der Waals surface area contributed by atoms with E-state index in [2.05, 4.69) is 10.0 Å². The smallest absolute Gasteiger partial charge is 0.333 e. The summed E-state index contributed by atoms with van der Waals surface area (Å²) in [6.45, 7) is 0.750. The Hall–Kier alpha value is -2.13. The van der Waals surface area contributed by atoms with Crippen LogP contribution in [0.2, 0.25) is 0 Å². The number of ether oxygens (including phenoxy) is 1. The Kier molecular flexibility index (Phi) is 4.99. The highest BCUT2D eigenvalue weighted by Crippen LogP contribution is 2.29. The summed E-state index contributed by atoms with van der Waals surface area (Å²) in [5.74, 6) is 0. The molecule has 0 saturated carbocycles. The van der Waals surface area contributed by atoms with Crippen molar-refractivity contribution < 1.29 is 14.9 Å². The Labute approximate surface area is 124 Å². The van der Waals surface area contributed by atoms with Gasteiger partial charge in [-0.05, 0) is 12.5 Å². The molecule has 1 aromatic heterocycles. The molecular weight excluding hydrogens is 294 g/mol. The minimum absolute atomic E-state index is 0.116.